The Balaban J connectivity index is 0.00000304. The molecular formula is C30H34ClN3O2. The van der Waals surface area contributed by atoms with Crippen LogP contribution in [0.3, 0.4) is 0 Å². The maximum Gasteiger partial charge on any atom is 0.251 e. The van der Waals surface area contributed by atoms with E-state index in [1.165, 1.54) is 16.8 Å². The van der Waals surface area contributed by atoms with Crippen LogP contribution in [0, 0.1) is 13.8 Å². The van der Waals surface area contributed by atoms with Crippen molar-refractivity contribution in [1.82, 2.24) is 10.2 Å². The molecule has 5 rings (SSSR count). The van der Waals surface area contributed by atoms with Crippen LogP contribution in [-0.4, -0.2) is 55.9 Å². The van der Waals surface area contributed by atoms with E-state index in [9.17, 15) is 9.59 Å². The molecule has 36 heavy (non-hydrogen) atoms. The van der Waals surface area contributed by atoms with Gasteiger partial charge in [0.05, 0.1) is 0 Å². The molecule has 0 atom stereocenters. The number of halogens is 1. The van der Waals surface area contributed by atoms with Crippen molar-refractivity contribution in [3.05, 3.63) is 88.5 Å². The molecule has 3 aromatic rings. The summed E-state index contributed by atoms with van der Waals surface area (Å²) in [5, 5.41) is 3.03. The lowest BCUT2D eigenvalue weighted by Crippen LogP contribution is -2.47. The highest BCUT2D eigenvalue weighted by atomic mass is 35.5. The van der Waals surface area contributed by atoms with Crippen LogP contribution in [0.1, 0.15) is 50.2 Å². The van der Waals surface area contributed by atoms with Gasteiger partial charge in [-0.15, -0.1) is 12.4 Å². The van der Waals surface area contributed by atoms with Gasteiger partial charge in [0.1, 0.15) is 0 Å². The molecule has 0 aromatic heterocycles. The summed E-state index contributed by atoms with van der Waals surface area (Å²) in [6.45, 7) is 10.4. The number of hydrogen-bond acceptors (Lipinski definition) is 4. The van der Waals surface area contributed by atoms with Gasteiger partial charge in [-0.1, -0.05) is 42.5 Å². The van der Waals surface area contributed by atoms with Gasteiger partial charge in [-0.3, -0.25) is 14.5 Å². The fraction of sp³-hybridized carbons (Fsp3) is 0.333. The van der Waals surface area contributed by atoms with Gasteiger partial charge >= 0.3 is 0 Å². The van der Waals surface area contributed by atoms with Crippen molar-refractivity contribution in [2.45, 2.75) is 26.7 Å². The first-order valence-corrected chi connectivity index (χ1v) is 12.6. The molecule has 1 fully saturated rings. The van der Waals surface area contributed by atoms with Crippen molar-refractivity contribution >= 4 is 29.8 Å². The van der Waals surface area contributed by atoms with Crippen LogP contribution in [0.5, 0.6) is 0 Å². The van der Waals surface area contributed by atoms with Crippen LogP contribution < -0.4 is 10.2 Å². The molecule has 1 heterocycles. The highest BCUT2D eigenvalue weighted by molar-refractivity contribution is 6.22. The summed E-state index contributed by atoms with van der Waals surface area (Å²) >= 11 is 0. The number of amides is 1. The SMILES string of the molecule is Cc1cccc(N2CCN(CCCCNC(=O)c3ccc4c(c3)C(=O)c3ccccc3-4)CC2)c1C.Cl. The molecule has 2 aliphatic rings. The van der Waals surface area contributed by atoms with E-state index in [-0.39, 0.29) is 24.1 Å². The van der Waals surface area contributed by atoms with E-state index in [1.54, 1.807) is 6.07 Å². The summed E-state index contributed by atoms with van der Waals surface area (Å²) in [7, 11) is 0. The molecule has 1 saturated heterocycles. The standard InChI is InChI=1S/C30H33N3O2.ClH/c1-21-8-7-11-28(22(21)2)33-18-16-32(17-19-33)15-6-5-14-31-30(35)23-12-13-25-24-9-3-4-10-26(24)29(34)27(25)20-23;/h3-4,7-13,20H,5-6,14-19H2,1-2H3,(H,31,35);1H. The predicted octanol–water partition coefficient (Wildman–Crippen LogP) is 5.27. The van der Waals surface area contributed by atoms with Gasteiger partial charge in [0.15, 0.2) is 5.78 Å². The van der Waals surface area contributed by atoms with Gasteiger partial charge in [-0.25, -0.2) is 0 Å². The van der Waals surface area contributed by atoms with Crippen LogP contribution in [0.25, 0.3) is 11.1 Å². The Morgan fingerprint density at radius 3 is 2.33 bits per heavy atom. The number of rotatable bonds is 7. The van der Waals surface area contributed by atoms with E-state index in [2.05, 4.69) is 47.2 Å². The van der Waals surface area contributed by atoms with E-state index in [0.29, 0.717) is 17.7 Å². The molecule has 0 radical (unpaired) electrons. The number of benzene rings is 3. The molecule has 1 N–H and O–H groups in total. The average Bonchev–Trinajstić information content (AvgIpc) is 3.17. The Bertz CT molecular complexity index is 1260. The summed E-state index contributed by atoms with van der Waals surface area (Å²) in [5.74, 6) is -0.110. The summed E-state index contributed by atoms with van der Waals surface area (Å²) in [6, 6.07) is 19.6. The number of fused-ring (bicyclic) bond motifs is 3. The minimum atomic E-state index is -0.112. The Morgan fingerprint density at radius 1 is 0.833 bits per heavy atom. The maximum atomic E-state index is 12.7. The van der Waals surface area contributed by atoms with Crippen LogP contribution in [0.2, 0.25) is 0 Å². The second kappa shape index (κ2) is 11.3. The van der Waals surface area contributed by atoms with Crippen molar-refractivity contribution in [2.75, 3.05) is 44.2 Å². The number of aryl methyl sites for hydroxylation is 1. The van der Waals surface area contributed by atoms with E-state index in [0.717, 1.165) is 62.3 Å². The smallest absolute Gasteiger partial charge is 0.251 e. The van der Waals surface area contributed by atoms with Gasteiger partial charge in [0.25, 0.3) is 5.91 Å². The third-order valence-electron chi connectivity index (χ3n) is 7.46. The zero-order valence-electron chi connectivity index (χ0n) is 21.0. The second-order valence-corrected chi connectivity index (χ2v) is 9.65. The maximum absolute atomic E-state index is 12.7. The van der Waals surface area contributed by atoms with Crippen LogP contribution in [-0.2, 0) is 0 Å². The summed E-state index contributed by atoms with van der Waals surface area (Å²) in [6.07, 6.45) is 2.00. The lowest BCUT2D eigenvalue weighted by molar-refractivity contribution is 0.0952. The van der Waals surface area contributed by atoms with Crippen LogP contribution in [0.4, 0.5) is 5.69 Å². The third-order valence-corrected chi connectivity index (χ3v) is 7.46. The Morgan fingerprint density at radius 2 is 1.56 bits per heavy atom. The van der Waals surface area contributed by atoms with Gasteiger partial charge < -0.3 is 10.2 Å². The molecule has 1 amide bonds. The Labute approximate surface area is 219 Å². The Hall–Kier alpha value is -3.15. The van der Waals surface area contributed by atoms with Gasteiger partial charge in [0.2, 0.25) is 0 Å². The topological polar surface area (TPSA) is 52.6 Å². The monoisotopic (exact) mass is 503 g/mol. The van der Waals surface area contributed by atoms with Crippen LogP contribution in [0.15, 0.2) is 60.7 Å². The van der Waals surface area contributed by atoms with Gasteiger partial charge in [-0.2, -0.15) is 0 Å². The summed E-state index contributed by atoms with van der Waals surface area (Å²) in [4.78, 5) is 30.4. The van der Waals surface area contributed by atoms with Crippen molar-refractivity contribution in [3.8, 4) is 11.1 Å². The van der Waals surface area contributed by atoms with Gasteiger partial charge in [0, 0.05) is 55.1 Å². The molecule has 0 bridgehead atoms. The van der Waals surface area contributed by atoms with E-state index >= 15 is 0 Å². The van der Waals surface area contributed by atoms with E-state index in [1.807, 2.05) is 36.4 Å². The molecule has 0 saturated carbocycles. The third kappa shape index (κ3) is 5.18. The van der Waals surface area contributed by atoms with Crippen molar-refractivity contribution in [1.29, 1.82) is 0 Å². The predicted molar refractivity (Wildman–Crippen MR) is 149 cm³/mol. The number of piperazine rings is 1. The fourth-order valence-electron chi connectivity index (χ4n) is 5.22. The molecule has 188 valence electrons. The molecule has 5 nitrogen and oxygen atoms in total. The van der Waals surface area contributed by atoms with Crippen molar-refractivity contribution in [3.63, 3.8) is 0 Å². The zero-order chi connectivity index (χ0) is 24.4. The lowest BCUT2D eigenvalue weighted by atomic mass is 10.0. The first-order valence-electron chi connectivity index (χ1n) is 12.6. The normalized spacial score (nSPS) is 14.7. The first-order chi connectivity index (χ1) is 17.0. The number of ketones is 1. The molecule has 3 aromatic carbocycles. The highest BCUT2D eigenvalue weighted by Gasteiger charge is 2.27. The number of nitrogens with zero attached hydrogens (tertiary/aromatic N) is 2. The summed E-state index contributed by atoms with van der Waals surface area (Å²) in [5.41, 5.74) is 7.86. The second-order valence-electron chi connectivity index (χ2n) is 9.65. The average molecular weight is 504 g/mol. The molecule has 1 aliphatic heterocycles. The number of anilines is 1. The van der Waals surface area contributed by atoms with Crippen molar-refractivity contribution in [2.24, 2.45) is 0 Å². The highest BCUT2D eigenvalue weighted by Crippen LogP contribution is 2.36. The number of carbonyl (C=O) groups is 2. The molecule has 6 heteroatoms. The lowest BCUT2D eigenvalue weighted by Gasteiger charge is -2.37. The Kier molecular flexibility index (Phi) is 8.12. The molecular weight excluding hydrogens is 470 g/mol. The number of carbonyl (C=O) groups excluding carboxylic acids is 2. The number of unbranched alkanes of at least 4 members (excludes halogenated alkanes) is 1. The number of nitrogens with one attached hydrogen (secondary N) is 1. The largest absolute Gasteiger partial charge is 0.369 e. The minimum Gasteiger partial charge on any atom is -0.369 e. The quantitative estimate of drug-likeness (QED) is 0.349. The molecule has 1 aliphatic carbocycles. The van der Waals surface area contributed by atoms with Crippen LogP contribution >= 0.6 is 12.4 Å². The molecule has 0 spiro atoms. The molecule has 0 unspecified atom stereocenters. The minimum absolute atomic E-state index is 0. The van der Waals surface area contributed by atoms with E-state index < -0.39 is 0 Å². The van der Waals surface area contributed by atoms with Crippen molar-refractivity contribution < 1.29 is 9.59 Å². The first kappa shape index (κ1) is 25.9. The summed E-state index contributed by atoms with van der Waals surface area (Å²) < 4.78 is 0. The van der Waals surface area contributed by atoms with E-state index in [4.69, 9.17) is 0 Å². The number of hydrogen-bond donors (Lipinski definition) is 1. The zero-order valence-corrected chi connectivity index (χ0v) is 21.9. The van der Waals surface area contributed by atoms with Gasteiger partial charge in [-0.05, 0) is 73.7 Å². The fourth-order valence-corrected chi connectivity index (χ4v) is 5.22.